The van der Waals surface area contributed by atoms with Gasteiger partial charge >= 0.3 is 0 Å². The smallest absolute Gasteiger partial charge is 0.253 e. The van der Waals surface area contributed by atoms with Crippen molar-refractivity contribution in [1.29, 1.82) is 0 Å². The van der Waals surface area contributed by atoms with Crippen LogP contribution in [0.25, 0.3) is 11.1 Å². The first-order valence-electron chi connectivity index (χ1n) is 14.7. The fourth-order valence-electron chi connectivity index (χ4n) is 5.76. The summed E-state index contributed by atoms with van der Waals surface area (Å²) in [5, 5.41) is 6.71. The summed E-state index contributed by atoms with van der Waals surface area (Å²) < 4.78 is 5.56. The van der Waals surface area contributed by atoms with E-state index in [9.17, 15) is 9.59 Å². The van der Waals surface area contributed by atoms with Gasteiger partial charge in [0.05, 0.1) is 0 Å². The number of aromatic amines is 1. The van der Waals surface area contributed by atoms with E-state index in [-0.39, 0.29) is 18.0 Å². The molecule has 8 nitrogen and oxygen atoms in total. The lowest BCUT2D eigenvalue weighted by atomic mass is 9.95. The van der Waals surface area contributed by atoms with E-state index < -0.39 is 0 Å². The van der Waals surface area contributed by atoms with Gasteiger partial charge in [0, 0.05) is 81.0 Å². The number of hydrogen-bond acceptors (Lipinski definition) is 6. The fraction of sp³-hybridized carbons (Fsp3) is 0.455. The van der Waals surface area contributed by atoms with Crippen molar-refractivity contribution in [3.63, 3.8) is 0 Å². The van der Waals surface area contributed by atoms with Crippen LogP contribution in [0.15, 0.2) is 47.3 Å². The second-order valence-corrected chi connectivity index (χ2v) is 11.6. The average Bonchev–Trinajstić information content (AvgIpc) is 2.95. The summed E-state index contributed by atoms with van der Waals surface area (Å²) in [6, 6.07) is 15.1. The predicted molar refractivity (Wildman–Crippen MR) is 165 cm³/mol. The van der Waals surface area contributed by atoms with E-state index in [1.807, 2.05) is 32.9 Å². The number of hydrogen-bond donors (Lipinski definition) is 3. The molecule has 5 rings (SSSR count). The van der Waals surface area contributed by atoms with Gasteiger partial charge in [-0.3, -0.25) is 14.5 Å². The van der Waals surface area contributed by atoms with E-state index in [2.05, 4.69) is 62.8 Å². The quantitative estimate of drug-likeness (QED) is 0.384. The zero-order chi connectivity index (χ0) is 28.9. The third-order valence-electron chi connectivity index (χ3n) is 8.44. The summed E-state index contributed by atoms with van der Waals surface area (Å²) in [6.45, 7) is 12.7. The number of nitrogens with zero attached hydrogens (tertiary/aromatic N) is 2. The monoisotopic (exact) mass is 557 g/mol. The number of rotatable bonds is 8. The summed E-state index contributed by atoms with van der Waals surface area (Å²) in [5.41, 5.74) is 7.93. The number of likely N-dealkylation sites (N-methyl/N-ethyl adjacent to an activating group) is 1. The van der Waals surface area contributed by atoms with Crippen molar-refractivity contribution in [3.8, 4) is 11.1 Å². The number of aryl methyl sites for hydroxylation is 2. The van der Waals surface area contributed by atoms with Crippen LogP contribution in [-0.4, -0.2) is 73.2 Å². The first kappa shape index (κ1) is 29.0. The van der Waals surface area contributed by atoms with Gasteiger partial charge in [-0.1, -0.05) is 24.3 Å². The molecule has 1 aromatic heterocycles. The molecule has 2 aromatic carbocycles. The summed E-state index contributed by atoms with van der Waals surface area (Å²) in [4.78, 5) is 33.8. The standard InChI is InChI=1S/C33H43N5O3/c1-22-17-23(2)35-33(40)30(22)20-34-32(39)29-18-27(19-31(24(29)3)36-28-9-15-41-16-10-28)26-7-5-25(6-8-26)21-38-13-11-37(4)12-14-38/h5-8,17-19,28,36H,9-16,20-21H2,1-4H3,(H,34,39)(H,35,40). The van der Waals surface area contributed by atoms with Crippen LogP contribution in [0.2, 0.25) is 0 Å². The zero-order valence-corrected chi connectivity index (χ0v) is 24.8. The topological polar surface area (TPSA) is 89.7 Å². The molecule has 0 bridgehead atoms. The van der Waals surface area contributed by atoms with Gasteiger partial charge in [-0.05, 0) is 86.7 Å². The Morgan fingerprint density at radius 2 is 1.68 bits per heavy atom. The Hall–Kier alpha value is -3.46. The molecule has 2 aliphatic heterocycles. The number of ether oxygens (including phenoxy) is 1. The number of H-pyrrole nitrogens is 1. The molecule has 41 heavy (non-hydrogen) atoms. The number of amides is 1. The number of carbonyl (C=O) groups excluding carboxylic acids is 1. The van der Waals surface area contributed by atoms with Crippen molar-refractivity contribution in [2.45, 2.75) is 52.7 Å². The summed E-state index contributed by atoms with van der Waals surface area (Å²) in [5.74, 6) is -0.189. The van der Waals surface area contributed by atoms with Gasteiger partial charge in [0.1, 0.15) is 0 Å². The van der Waals surface area contributed by atoms with Crippen molar-refractivity contribution < 1.29 is 9.53 Å². The fourth-order valence-corrected chi connectivity index (χ4v) is 5.76. The normalized spacial score (nSPS) is 17.0. The molecule has 0 radical (unpaired) electrons. The third-order valence-corrected chi connectivity index (χ3v) is 8.44. The summed E-state index contributed by atoms with van der Waals surface area (Å²) >= 11 is 0. The van der Waals surface area contributed by atoms with Gasteiger partial charge < -0.3 is 25.3 Å². The number of carbonyl (C=O) groups is 1. The summed E-state index contributed by atoms with van der Waals surface area (Å²) in [6.07, 6.45) is 1.86. The first-order valence-corrected chi connectivity index (χ1v) is 14.7. The second-order valence-electron chi connectivity index (χ2n) is 11.6. The highest BCUT2D eigenvalue weighted by Crippen LogP contribution is 2.31. The Labute approximate surface area is 243 Å². The van der Waals surface area contributed by atoms with Gasteiger partial charge in [0.2, 0.25) is 0 Å². The van der Waals surface area contributed by atoms with Crippen LogP contribution < -0.4 is 16.2 Å². The maximum Gasteiger partial charge on any atom is 0.253 e. The van der Waals surface area contributed by atoms with Crippen LogP contribution >= 0.6 is 0 Å². The molecule has 0 spiro atoms. The number of pyridine rings is 1. The van der Waals surface area contributed by atoms with Gasteiger partial charge in [-0.25, -0.2) is 0 Å². The molecule has 218 valence electrons. The predicted octanol–water partition coefficient (Wildman–Crippen LogP) is 4.24. The molecule has 3 N–H and O–H groups in total. The Bertz CT molecular complexity index is 1420. The van der Waals surface area contributed by atoms with Crippen molar-refractivity contribution in [2.24, 2.45) is 0 Å². The van der Waals surface area contributed by atoms with E-state index in [0.717, 1.165) is 92.4 Å². The van der Waals surface area contributed by atoms with Crippen molar-refractivity contribution in [3.05, 3.63) is 86.3 Å². The van der Waals surface area contributed by atoms with Crippen LogP contribution in [0.5, 0.6) is 0 Å². The van der Waals surface area contributed by atoms with Crippen LogP contribution in [-0.2, 0) is 17.8 Å². The first-order chi connectivity index (χ1) is 19.8. The number of nitrogens with one attached hydrogen (secondary N) is 3. The number of anilines is 1. The lowest BCUT2D eigenvalue weighted by molar-refractivity contribution is 0.0903. The van der Waals surface area contributed by atoms with Gasteiger partial charge in [0.25, 0.3) is 11.5 Å². The number of piperazine rings is 1. The highest BCUT2D eigenvalue weighted by atomic mass is 16.5. The minimum atomic E-state index is -0.189. The van der Waals surface area contributed by atoms with E-state index >= 15 is 0 Å². The molecule has 3 heterocycles. The molecule has 2 fully saturated rings. The molecule has 0 atom stereocenters. The van der Waals surface area contributed by atoms with E-state index in [0.29, 0.717) is 17.2 Å². The lowest BCUT2D eigenvalue weighted by Crippen LogP contribution is -2.43. The maximum atomic E-state index is 13.6. The zero-order valence-electron chi connectivity index (χ0n) is 24.8. The highest BCUT2D eigenvalue weighted by Gasteiger charge is 2.20. The molecule has 0 unspecified atom stereocenters. The SMILES string of the molecule is Cc1cc(C)c(CNC(=O)c2cc(-c3ccc(CN4CCN(C)CC4)cc3)cc(NC3CCOCC3)c2C)c(=O)[nH]1. The van der Waals surface area contributed by atoms with Crippen LogP contribution in [0.3, 0.4) is 0 Å². The Morgan fingerprint density at radius 1 is 0.976 bits per heavy atom. The van der Waals surface area contributed by atoms with Crippen LogP contribution in [0, 0.1) is 20.8 Å². The van der Waals surface area contributed by atoms with Gasteiger partial charge in [-0.15, -0.1) is 0 Å². The van der Waals surface area contributed by atoms with E-state index in [1.165, 1.54) is 5.56 Å². The minimum absolute atomic E-state index is 0.160. The molecule has 0 aliphatic carbocycles. The second kappa shape index (κ2) is 13.0. The van der Waals surface area contributed by atoms with E-state index in [4.69, 9.17) is 4.74 Å². The van der Waals surface area contributed by atoms with Crippen molar-refractivity contribution in [1.82, 2.24) is 20.1 Å². The number of benzene rings is 2. The van der Waals surface area contributed by atoms with Crippen molar-refractivity contribution in [2.75, 3.05) is 51.8 Å². The Kier molecular flexibility index (Phi) is 9.22. The third kappa shape index (κ3) is 7.25. The summed E-state index contributed by atoms with van der Waals surface area (Å²) in [7, 11) is 2.18. The lowest BCUT2D eigenvalue weighted by Gasteiger charge is -2.32. The van der Waals surface area contributed by atoms with Crippen LogP contribution in [0.4, 0.5) is 5.69 Å². The van der Waals surface area contributed by atoms with Crippen molar-refractivity contribution >= 4 is 11.6 Å². The van der Waals surface area contributed by atoms with E-state index in [1.54, 1.807) is 0 Å². The molecule has 0 saturated carbocycles. The molecular formula is C33H43N5O3. The molecule has 2 aliphatic rings. The molecule has 2 saturated heterocycles. The molecular weight excluding hydrogens is 514 g/mol. The minimum Gasteiger partial charge on any atom is -0.382 e. The Morgan fingerprint density at radius 3 is 2.37 bits per heavy atom. The average molecular weight is 558 g/mol. The van der Waals surface area contributed by atoms with Crippen LogP contribution in [0.1, 0.15) is 51.1 Å². The maximum absolute atomic E-state index is 13.6. The molecule has 8 heteroatoms. The molecule has 3 aromatic rings. The van der Waals surface area contributed by atoms with Gasteiger partial charge in [-0.2, -0.15) is 0 Å². The largest absolute Gasteiger partial charge is 0.382 e. The van der Waals surface area contributed by atoms with Gasteiger partial charge in [0.15, 0.2) is 0 Å². The highest BCUT2D eigenvalue weighted by molar-refractivity contribution is 5.98. The number of aromatic nitrogens is 1. The molecule has 1 amide bonds. The Balaban J connectivity index is 1.39.